The number of nitrogens with one attached hydrogen (secondary N) is 1. The average Bonchev–Trinajstić information content (AvgIpc) is 2.94. The molecule has 2 fully saturated rings. The molecule has 23 heavy (non-hydrogen) atoms. The zero-order valence-electron chi connectivity index (χ0n) is 14.3. The van der Waals surface area contributed by atoms with E-state index in [1.165, 1.54) is 6.42 Å². The first-order valence-electron chi connectivity index (χ1n) is 8.58. The summed E-state index contributed by atoms with van der Waals surface area (Å²) < 4.78 is 5.91. The van der Waals surface area contributed by atoms with E-state index >= 15 is 0 Å². The van der Waals surface area contributed by atoms with Crippen molar-refractivity contribution in [1.82, 2.24) is 5.32 Å². The van der Waals surface area contributed by atoms with Crippen LogP contribution in [0.15, 0.2) is 0 Å². The first kappa shape index (κ1) is 18.6. The third-order valence-corrected chi connectivity index (χ3v) is 6.39. The number of carboxylic acids is 1. The molecule has 2 N–H and O–H groups in total. The number of carboxylic acid groups (broad SMARTS) is 1. The summed E-state index contributed by atoms with van der Waals surface area (Å²) in [4.78, 5) is 23.7. The van der Waals surface area contributed by atoms with E-state index in [1.54, 1.807) is 11.8 Å². The molecule has 2 aliphatic rings. The quantitative estimate of drug-likeness (QED) is 0.775. The molecule has 4 atom stereocenters. The van der Waals surface area contributed by atoms with Crippen molar-refractivity contribution < 1.29 is 19.4 Å². The Morgan fingerprint density at radius 3 is 2.70 bits per heavy atom. The number of hydrogen-bond donors (Lipinski definition) is 2. The molecule has 1 heterocycles. The normalized spacial score (nSPS) is 34.5. The molecule has 1 aliphatic carbocycles. The van der Waals surface area contributed by atoms with E-state index in [-0.39, 0.29) is 18.6 Å². The highest BCUT2D eigenvalue weighted by Crippen LogP contribution is 2.35. The Morgan fingerprint density at radius 2 is 2.13 bits per heavy atom. The Bertz CT molecular complexity index is 434. The summed E-state index contributed by atoms with van der Waals surface area (Å²) in [7, 11) is 0. The molecule has 0 aromatic rings. The summed E-state index contributed by atoms with van der Waals surface area (Å²) in [5.41, 5.74) is -1.11. The molecular weight excluding hydrogens is 314 g/mol. The molecule has 0 aromatic carbocycles. The highest BCUT2D eigenvalue weighted by atomic mass is 32.2. The van der Waals surface area contributed by atoms with Crippen molar-refractivity contribution in [2.75, 3.05) is 18.1 Å². The predicted octanol–water partition coefficient (Wildman–Crippen LogP) is 2.54. The lowest BCUT2D eigenvalue weighted by Crippen LogP contribution is -2.56. The van der Waals surface area contributed by atoms with Crippen LogP contribution in [0.2, 0.25) is 0 Å². The summed E-state index contributed by atoms with van der Waals surface area (Å²) in [6.45, 7) is 6.58. The van der Waals surface area contributed by atoms with Gasteiger partial charge in [0.15, 0.2) is 0 Å². The van der Waals surface area contributed by atoms with Gasteiger partial charge < -0.3 is 15.2 Å². The van der Waals surface area contributed by atoms with Gasteiger partial charge in [0.05, 0.1) is 6.10 Å². The number of ether oxygens (including phenoxy) is 1. The second-order valence-electron chi connectivity index (χ2n) is 7.41. The monoisotopic (exact) mass is 343 g/mol. The number of amides is 1. The third-order valence-electron chi connectivity index (χ3n) is 5.20. The predicted molar refractivity (Wildman–Crippen MR) is 91.5 cm³/mol. The minimum absolute atomic E-state index is 0.0414. The molecule has 5 nitrogen and oxygen atoms in total. The maximum Gasteiger partial charge on any atom is 0.330 e. The minimum atomic E-state index is -1.11. The molecule has 2 rings (SSSR count). The number of thioether (sulfide) groups is 1. The fourth-order valence-electron chi connectivity index (χ4n) is 3.68. The van der Waals surface area contributed by atoms with Gasteiger partial charge in [0, 0.05) is 5.75 Å². The molecule has 0 spiro atoms. The summed E-state index contributed by atoms with van der Waals surface area (Å²) in [6.07, 6.45) is 3.92. The third kappa shape index (κ3) is 4.63. The molecule has 1 saturated carbocycles. The Kier molecular flexibility index (Phi) is 6.37. The molecule has 132 valence electrons. The van der Waals surface area contributed by atoms with Crippen molar-refractivity contribution in [2.45, 2.75) is 58.1 Å². The van der Waals surface area contributed by atoms with Gasteiger partial charge in [0.2, 0.25) is 5.91 Å². The first-order valence-corrected chi connectivity index (χ1v) is 9.73. The van der Waals surface area contributed by atoms with E-state index in [1.807, 2.05) is 0 Å². The second kappa shape index (κ2) is 7.88. The van der Waals surface area contributed by atoms with Crippen LogP contribution in [-0.4, -0.2) is 46.7 Å². The van der Waals surface area contributed by atoms with Crippen LogP contribution in [0, 0.1) is 17.8 Å². The standard InChI is InChI=1S/C17H29NO4S/c1-11(2)13-5-4-12(3)8-14(13)22-9-15(19)18-17(16(20)21)6-7-23-10-17/h11-14H,4-10H2,1-3H3,(H,18,19)(H,20,21). The van der Waals surface area contributed by atoms with Crippen molar-refractivity contribution in [2.24, 2.45) is 17.8 Å². The lowest BCUT2D eigenvalue weighted by atomic mass is 9.75. The van der Waals surface area contributed by atoms with Crippen molar-refractivity contribution in [3.63, 3.8) is 0 Å². The maximum atomic E-state index is 12.2. The Morgan fingerprint density at radius 1 is 1.39 bits per heavy atom. The Balaban J connectivity index is 1.88. The second-order valence-corrected chi connectivity index (χ2v) is 8.52. The van der Waals surface area contributed by atoms with Crippen molar-refractivity contribution in [1.29, 1.82) is 0 Å². The summed E-state index contributed by atoms with van der Waals surface area (Å²) >= 11 is 1.57. The van der Waals surface area contributed by atoms with Crippen molar-refractivity contribution in [3.8, 4) is 0 Å². The molecule has 0 aromatic heterocycles. The van der Waals surface area contributed by atoms with Crippen LogP contribution >= 0.6 is 11.8 Å². The van der Waals surface area contributed by atoms with Gasteiger partial charge in [0.25, 0.3) is 0 Å². The van der Waals surface area contributed by atoms with Crippen molar-refractivity contribution in [3.05, 3.63) is 0 Å². The number of carbonyl (C=O) groups excluding carboxylic acids is 1. The van der Waals surface area contributed by atoms with Gasteiger partial charge in [-0.25, -0.2) is 4.79 Å². The smallest absolute Gasteiger partial charge is 0.330 e. The highest BCUT2D eigenvalue weighted by Gasteiger charge is 2.43. The average molecular weight is 343 g/mol. The lowest BCUT2D eigenvalue weighted by molar-refractivity contribution is -0.148. The zero-order valence-corrected chi connectivity index (χ0v) is 15.2. The lowest BCUT2D eigenvalue weighted by Gasteiger charge is -2.37. The first-order chi connectivity index (χ1) is 10.8. The number of hydrogen-bond acceptors (Lipinski definition) is 4. The van der Waals surface area contributed by atoms with E-state index in [4.69, 9.17) is 4.74 Å². The van der Waals surface area contributed by atoms with E-state index < -0.39 is 11.5 Å². The van der Waals surface area contributed by atoms with Crippen LogP contribution in [0.4, 0.5) is 0 Å². The molecule has 6 heteroatoms. The fourth-order valence-corrected chi connectivity index (χ4v) is 5.00. The molecular formula is C17H29NO4S. The van der Waals surface area contributed by atoms with Gasteiger partial charge in [-0.05, 0) is 42.8 Å². The van der Waals surface area contributed by atoms with E-state index in [9.17, 15) is 14.7 Å². The number of carbonyl (C=O) groups is 2. The molecule has 0 bridgehead atoms. The van der Waals surface area contributed by atoms with E-state index in [2.05, 4.69) is 26.1 Å². The van der Waals surface area contributed by atoms with E-state index in [0.29, 0.717) is 29.9 Å². The topological polar surface area (TPSA) is 75.6 Å². The summed E-state index contributed by atoms with van der Waals surface area (Å²) in [5, 5.41) is 12.1. The van der Waals surface area contributed by atoms with Crippen molar-refractivity contribution >= 4 is 23.6 Å². The minimum Gasteiger partial charge on any atom is -0.479 e. The maximum absolute atomic E-state index is 12.2. The zero-order chi connectivity index (χ0) is 17.0. The number of aliphatic carboxylic acids is 1. The summed E-state index contributed by atoms with van der Waals surface area (Å²) in [6, 6.07) is 0. The van der Waals surface area contributed by atoms with Gasteiger partial charge in [-0.2, -0.15) is 11.8 Å². The SMILES string of the molecule is CC1CCC(C(C)C)C(OCC(=O)NC2(C(=O)O)CCSC2)C1. The highest BCUT2D eigenvalue weighted by molar-refractivity contribution is 7.99. The molecule has 4 unspecified atom stereocenters. The Hall–Kier alpha value is -0.750. The molecule has 1 amide bonds. The van der Waals surface area contributed by atoms with Gasteiger partial charge in [-0.3, -0.25) is 4.79 Å². The molecule has 1 aliphatic heterocycles. The van der Waals surface area contributed by atoms with Crippen LogP contribution in [0.3, 0.4) is 0 Å². The van der Waals surface area contributed by atoms with Gasteiger partial charge >= 0.3 is 5.97 Å². The molecule has 0 radical (unpaired) electrons. The van der Waals surface area contributed by atoms with E-state index in [0.717, 1.165) is 18.6 Å². The van der Waals surface area contributed by atoms with Gasteiger partial charge in [-0.15, -0.1) is 0 Å². The molecule has 1 saturated heterocycles. The van der Waals surface area contributed by atoms with Crippen LogP contribution in [0.5, 0.6) is 0 Å². The largest absolute Gasteiger partial charge is 0.479 e. The Labute approximate surface area is 142 Å². The number of rotatable bonds is 6. The van der Waals surface area contributed by atoms with Crippen LogP contribution in [0.1, 0.15) is 46.5 Å². The van der Waals surface area contributed by atoms with Crippen LogP contribution < -0.4 is 5.32 Å². The van der Waals surface area contributed by atoms with Gasteiger partial charge in [0.1, 0.15) is 12.1 Å². The van der Waals surface area contributed by atoms with Crippen LogP contribution in [-0.2, 0) is 14.3 Å². The van der Waals surface area contributed by atoms with Gasteiger partial charge in [-0.1, -0.05) is 27.2 Å². The summed E-state index contributed by atoms with van der Waals surface area (Å²) in [5.74, 6) is 1.58. The van der Waals surface area contributed by atoms with Crippen LogP contribution in [0.25, 0.3) is 0 Å². The fraction of sp³-hybridized carbons (Fsp3) is 0.882.